The fraction of sp³-hybridized carbons (Fsp3) is 0.368. The van der Waals surface area contributed by atoms with Crippen molar-refractivity contribution in [2.45, 2.75) is 46.1 Å². The van der Waals surface area contributed by atoms with Crippen LogP contribution in [-0.4, -0.2) is 17.1 Å². The number of rotatable bonds is 4. The first-order chi connectivity index (χ1) is 10.6. The Balaban J connectivity index is 2.66. The lowest BCUT2D eigenvalue weighted by atomic mass is 9.93. The van der Waals surface area contributed by atoms with Crippen LogP contribution in [0.15, 0.2) is 31.0 Å². The zero-order chi connectivity index (χ0) is 16.1. The Kier molecular flexibility index (Phi) is 5.31. The molecule has 3 nitrogen and oxygen atoms in total. The maximum Gasteiger partial charge on any atom is 0.340 e. The van der Waals surface area contributed by atoms with E-state index < -0.39 is 0 Å². The number of allylic oxidation sites excluding steroid dienone is 4. The molecule has 1 aliphatic carbocycles. The Hall–Kier alpha value is -2.16. The van der Waals surface area contributed by atoms with Crippen LogP contribution in [0.25, 0.3) is 11.6 Å². The number of carbonyl (C=O) groups is 1. The van der Waals surface area contributed by atoms with Gasteiger partial charge in [0.05, 0.1) is 11.7 Å². The third-order valence-corrected chi connectivity index (χ3v) is 3.65. The molecule has 1 aliphatic rings. The van der Waals surface area contributed by atoms with E-state index in [1.807, 2.05) is 26.8 Å². The van der Waals surface area contributed by atoms with Crippen LogP contribution in [0.5, 0.6) is 0 Å². The van der Waals surface area contributed by atoms with E-state index in [1.165, 1.54) is 0 Å². The lowest BCUT2D eigenvalue weighted by Gasteiger charge is -2.16. The van der Waals surface area contributed by atoms with Gasteiger partial charge >= 0.3 is 5.97 Å². The molecule has 0 saturated heterocycles. The van der Waals surface area contributed by atoms with Gasteiger partial charge in [-0.25, -0.2) is 4.79 Å². The monoisotopic (exact) mass is 297 g/mol. The number of ether oxygens (including phenoxy) is 1. The number of aromatic nitrogens is 1. The molecule has 0 amide bonds. The minimum Gasteiger partial charge on any atom is -0.459 e. The van der Waals surface area contributed by atoms with E-state index in [1.54, 1.807) is 12.3 Å². The predicted octanol–water partition coefficient (Wildman–Crippen LogP) is 4.59. The molecule has 1 heterocycles. The average molecular weight is 297 g/mol. The lowest BCUT2D eigenvalue weighted by molar-refractivity contribution is 0.0377. The zero-order valence-electron chi connectivity index (χ0n) is 13.6. The van der Waals surface area contributed by atoms with Crippen molar-refractivity contribution in [3.63, 3.8) is 0 Å². The lowest BCUT2D eigenvalue weighted by Crippen LogP contribution is -2.15. The van der Waals surface area contributed by atoms with Gasteiger partial charge in [-0.15, -0.1) is 0 Å². The highest BCUT2D eigenvalue weighted by Crippen LogP contribution is 2.30. The molecular weight excluding hydrogens is 274 g/mol. The van der Waals surface area contributed by atoms with Gasteiger partial charge in [0.15, 0.2) is 0 Å². The smallest absolute Gasteiger partial charge is 0.340 e. The number of aryl methyl sites for hydroxylation is 1. The van der Waals surface area contributed by atoms with Gasteiger partial charge in [0.1, 0.15) is 0 Å². The van der Waals surface area contributed by atoms with E-state index >= 15 is 0 Å². The molecule has 0 aliphatic heterocycles. The maximum absolute atomic E-state index is 12.4. The van der Waals surface area contributed by atoms with Crippen LogP contribution in [0.4, 0.5) is 0 Å². The minimum atomic E-state index is -0.334. The Morgan fingerprint density at radius 2 is 2.23 bits per heavy atom. The number of fused-ring (bicyclic) bond motifs is 1. The summed E-state index contributed by atoms with van der Waals surface area (Å²) in [6, 6.07) is 0. The van der Waals surface area contributed by atoms with E-state index in [2.05, 4.69) is 23.7 Å². The fourth-order valence-corrected chi connectivity index (χ4v) is 2.64. The summed E-state index contributed by atoms with van der Waals surface area (Å²) in [4.78, 5) is 16.9. The van der Waals surface area contributed by atoms with Crippen LogP contribution >= 0.6 is 0 Å². The molecule has 22 heavy (non-hydrogen) atoms. The second-order valence-corrected chi connectivity index (χ2v) is 5.60. The van der Waals surface area contributed by atoms with Crippen molar-refractivity contribution in [1.29, 1.82) is 0 Å². The van der Waals surface area contributed by atoms with Gasteiger partial charge in [0, 0.05) is 23.0 Å². The highest BCUT2D eigenvalue weighted by Gasteiger charge is 2.22. The van der Waals surface area contributed by atoms with E-state index in [0.717, 1.165) is 41.7 Å². The average Bonchev–Trinajstić information content (AvgIpc) is 2.73. The van der Waals surface area contributed by atoms with Crippen molar-refractivity contribution in [1.82, 2.24) is 4.98 Å². The first-order valence-electron chi connectivity index (χ1n) is 7.77. The van der Waals surface area contributed by atoms with E-state index in [4.69, 9.17) is 4.74 Å². The zero-order valence-corrected chi connectivity index (χ0v) is 13.6. The number of esters is 1. The summed E-state index contributed by atoms with van der Waals surface area (Å²) in [5.41, 5.74) is 4.37. The molecule has 0 atom stereocenters. The number of nitrogens with zero attached hydrogens (tertiary/aromatic N) is 1. The van der Waals surface area contributed by atoms with Crippen molar-refractivity contribution >= 4 is 17.6 Å². The SMILES string of the molecule is C=C/C(=C\C)c1c(C(=O)OC(C)C)cnc2c1C=CCCC2. The molecule has 1 aromatic heterocycles. The standard InChI is InChI=1S/C19H23NO2/c1-5-14(6-2)18-15-10-8-7-9-11-17(15)20-12-16(18)19(21)22-13(3)4/h5-6,8,10,12-13H,1,7,9,11H2,2-4H3/b14-6+. The first kappa shape index (κ1) is 16.2. The molecule has 0 N–H and O–H groups in total. The van der Waals surface area contributed by atoms with Crippen molar-refractivity contribution < 1.29 is 9.53 Å². The van der Waals surface area contributed by atoms with Gasteiger partial charge in [-0.3, -0.25) is 4.98 Å². The first-order valence-corrected chi connectivity index (χ1v) is 7.77. The normalized spacial score (nSPS) is 14.5. The van der Waals surface area contributed by atoms with Crippen LogP contribution in [0.2, 0.25) is 0 Å². The topological polar surface area (TPSA) is 39.2 Å². The van der Waals surface area contributed by atoms with Gasteiger partial charge in [-0.1, -0.05) is 30.9 Å². The van der Waals surface area contributed by atoms with Crippen molar-refractivity contribution in [2.24, 2.45) is 0 Å². The number of hydrogen-bond acceptors (Lipinski definition) is 3. The molecule has 116 valence electrons. The molecule has 0 fully saturated rings. The molecule has 0 radical (unpaired) electrons. The third-order valence-electron chi connectivity index (χ3n) is 3.65. The molecule has 1 aromatic rings. The minimum absolute atomic E-state index is 0.160. The highest BCUT2D eigenvalue weighted by molar-refractivity contribution is 5.99. The summed E-state index contributed by atoms with van der Waals surface area (Å²) in [5.74, 6) is -0.334. The van der Waals surface area contributed by atoms with Crippen LogP contribution < -0.4 is 0 Å². The van der Waals surface area contributed by atoms with Crippen molar-refractivity contribution in [3.05, 3.63) is 53.4 Å². The molecule has 0 unspecified atom stereocenters. The molecule has 2 rings (SSSR count). The molecule has 0 saturated carbocycles. The second-order valence-electron chi connectivity index (χ2n) is 5.60. The van der Waals surface area contributed by atoms with Crippen LogP contribution in [0.3, 0.4) is 0 Å². The van der Waals surface area contributed by atoms with Gasteiger partial charge in [-0.2, -0.15) is 0 Å². The number of hydrogen-bond donors (Lipinski definition) is 0. The Labute approximate surface area is 132 Å². The molecule has 0 aromatic carbocycles. The van der Waals surface area contributed by atoms with Gasteiger partial charge in [0.25, 0.3) is 0 Å². The maximum atomic E-state index is 12.4. The third kappa shape index (κ3) is 3.35. The number of carbonyl (C=O) groups excluding carboxylic acids is 1. The second kappa shape index (κ2) is 7.21. The van der Waals surface area contributed by atoms with E-state index in [9.17, 15) is 4.79 Å². The van der Waals surface area contributed by atoms with Crippen LogP contribution in [-0.2, 0) is 11.2 Å². The van der Waals surface area contributed by atoms with Gasteiger partial charge in [-0.05, 0) is 45.6 Å². The quantitative estimate of drug-likeness (QED) is 0.603. The van der Waals surface area contributed by atoms with Crippen LogP contribution in [0, 0.1) is 0 Å². The Bertz CT molecular complexity index is 639. The molecule has 3 heteroatoms. The predicted molar refractivity (Wildman–Crippen MR) is 90.6 cm³/mol. The molecule has 0 bridgehead atoms. The van der Waals surface area contributed by atoms with E-state index in [-0.39, 0.29) is 12.1 Å². The van der Waals surface area contributed by atoms with Gasteiger partial charge in [0.2, 0.25) is 0 Å². The Morgan fingerprint density at radius 1 is 1.45 bits per heavy atom. The number of pyridine rings is 1. The summed E-state index contributed by atoms with van der Waals surface area (Å²) >= 11 is 0. The summed E-state index contributed by atoms with van der Waals surface area (Å²) in [6.07, 6.45) is 12.5. The largest absolute Gasteiger partial charge is 0.459 e. The van der Waals surface area contributed by atoms with Crippen molar-refractivity contribution in [3.8, 4) is 0 Å². The van der Waals surface area contributed by atoms with Crippen LogP contribution in [0.1, 0.15) is 60.8 Å². The molecule has 0 spiro atoms. The highest BCUT2D eigenvalue weighted by atomic mass is 16.5. The van der Waals surface area contributed by atoms with Gasteiger partial charge < -0.3 is 4.74 Å². The summed E-state index contributed by atoms with van der Waals surface area (Å²) in [5, 5.41) is 0. The fourth-order valence-electron chi connectivity index (χ4n) is 2.64. The van der Waals surface area contributed by atoms with Crippen molar-refractivity contribution in [2.75, 3.05) is 0 Å². The summed E-state index contributed by atoms with van der Waals surface area (Å²) in [6.45, 7) is 9.51. The molecular formula is C19H23NO2. The summed E-state index contributed by atoms with van der Waals surface area (Å²) in [7, 11) is 0. The summed E-state index contributed by atoms with van der Waals surface area (Å²) < 4.78 is 5.37. The van der Waals surface area contributed by atoms with E-state index in [0.29, 0.717) is 5.56 Å². The Morgan fingerprint density at radius 3 is 2.86 bits per heavy atom.